The van der Waals surface area contributed by atoms with E-state index in [1.54, 1.807) is 26.0 Å². The molecule has 1 aromatic rings. The van der Waals surface area contributed by atoms with Gasteiger partial charge in [-0.25, -0.2) is 8.42 Å². The van der Waals surface area contributed by atoms with Crippen molar-refractivity contribution in [1.29, 1.82) is 0 Å². The van der Waals surface area contributed by atoms with Gasteiger partial charge in [-0.3, -0.25) is 4.79 Å². The van der Waals surface area contributed by atoms with E-state index in [4.69, 9.17) is 10.5 Å². The molecule has 0 spiro atoms. The molecular weight excluding hydrogens is 342 g/mol. The molecule has 0 aliphatic carbocycles. The minimum Gasteiger partial charge on any atom is -0.379 e. The lowest BCUT2D eigenvalue weighted by molar-refractivity contribution is -0.125. The fraction of sp³-hybridized carbons (Fsp3) is 0.588. The Balaban J connectivity index is 2.06. The Kier molecular flexibility index (Phi) is 6.95. The summed E-state index contributed by atoms with van der Waals surface area (Å²) in [5, 5.41) is 2.84. The van der Waals surface area contributed by atoms with Gasteiger partial charge in [-0.15, -0.1) is 0 Å². The molecule has 1 fully saturated rings. The predicted octanol–water partition coefficient (Wildman–Crippen LogP) is 0.448. The zero-order valence-corrected chi connectivity index (χ0v) is 15.6. The van der Waals surface area contributed by atoms with Crippen LogP contribution in [0.25, 0.3) is 0 Å². The average molecular weight is 369 g/mol. The number of rotatable bonds is 7. The van der Waals surface area contributed by atoms with Gasteiger partial charge < -0.3 is 15.8 Å². The van der Waals surface area contributed by atoms with Crippen molar-refractivity contribution in [1.82, 2.24) is 9.62 Å². The lowest BCUT2D eigenvalue weighted by Gasteiger charge is -2.26. The van der Waals surface area contributed by atoms with Crippen LogP contribution in [-0.2, 0) is 31.9 Å². The summed E-state index contributed by atoms with van der Waals surface area (Å²) in [6.07, 6.45) is 0. The number of hydrogen-bond acceptors (Lipinski definition) is 5. The molecule has 7 nitrogen and oxygen atoms in total. The third-order valence-electron chi connectivity index (χ3n) is 4.48. The predicted molar refractivity (Wildman–Crippen MR) is 96.1 cm³/mol. The Morgan fingerprint density at radius 1 is 1.24 bits per heavy atom. The van der Waals surface area contributed by atoms with Crippen molar-refractivity contribution in [2.75, 3.05) is 26.3 Å². The molecule has 25 heavy (non-hydrogen) atoms. The van der Waals surface area contributed by atoms with E-state index in [0.29, 0.717) is 31.9 Å². The van der Waals surface area contributed by atoms with E-state index in [9.17, 15) is 13.2 Å². The lowest BCUT2D eigenvalue weighted by Crippen LogP contribution is -2.41. The number of hydrogen-bond donors (Lipinski definition) is 2. The Morgan fingerprint density at radius 3 is 2.44 bits per heavy atom. The van der Waals surface area contributed by atoms with E-state index in [1.807, 2.05) is 12.1 Å². The number of carbonyl (C=O) groups excluding carboxylic acids is 1. The van der Waals surface area contributed by atoms with Crippen molar-refractivity contribution in [2.45, 2.75) is 32.2 Å². The molecule has 1 amide bonds. The van der Waals surface area contributed by atoms with Gasteiger partial charge in [0.05, 0.1) is 19.0 Å². The van der Waals surface area contributed by atoms with E-state index in [-0.39, 0.29) is 30.2 Å². The normalized spacial score (nSPS) is 18.5. The Bertz CT molecular complexity index is 685. The molecule has 1 aliphatic heterocycles. The van der Waals surface area contributed by atoms with Crippen LogP contribution in [0.2, 0.25) is 0 Å². The largest absolute Gasteiger partial charge is 0.379 e. The van der Waals surface area contributed by atoms with Gasteiger partial charge in [-0.1, -0.05) is 31.2 Å². The SMILES string of the molecule is CC(N)C(C)C(=O)NCc1ccccc1CS(=O)(=O)N1CCOCC1. The summed E-state index contributed by atoms with van der Waals surface area (Å²) in [6, 6.07) is 7.02. The third kappa shape index (κ3) is 5.50. The van der Waals surface area contributed by atoms with Crippen LogP contribution < -0.4 is 11.1 Å². The molecule has 2 rings (SSSR count). The van der Waals surface area contributed by atoms with Crippen LogP contribution >= 0.6 is 0 Å². The average Bonchev–Trinajstić information content (AvgIpc) is 2.60. The molecule has 0 aromatic heterocycles. The number of nitrogens with zero attached hydrogens (tertiary/aromatic N) is 1. The van der Waals surface area contributed by atoms with Gasteiger partial charge in [-0.05, 0) is 18.1 Å². The summed E-state index contributed by atoms with van der Waals surface area (Å²) in [7, 11) is -3.41. The van der Waals surface area contributed by atoms with E-state index in [0.717, 1.165) is 5.56 Å². The second kappa shape index (κ2) is 8.75. The highest BCUT2D eigenvalue weighted by Gasteiger charge is 2.25. The van der Waals surface area contributed by atoms with Gasteiger partial charge in [0.1, 0.15) is 0 Å². The van der Waals surface area contributed by atoms with Crippen LogP contribution in [0.4, 0.5) is 0 Å². The number of carbonyl (C=O) groups is 1. The molecule has 1 aliphatic rings. The van der Waals surface area contributed by atoms with E-state index in [1.165, 1.54) is 4.31 Å². The van der Waals surface area contributed by atoms with Gasteiger partial charge in [0.2, 0.25) is 15.9 Å². The number of amides is 1. The topological polar surface area (TPSA) is 102 Å². The fourth-order valence-corrected chi connectivity index (χ4v) is 4.13. The van der Waals surface area contributed by atoms with E-state index < -0.39 is 10.0 Å². The molecule has 2 unspecified atom stereocenters. The van der Waals surface area contributed by atoms with Gasteiger partial charge >= 0.3 is 0 Å². The molecular formula is C17H27N3O4S. The van der Waals surface area contributed by atoms with Crippen molar-refractivity contribution in [3.8, 4) is 0 Å². The highest BCUT2D eigenvalue weighted by molar-refractivity contribution is 7.88. The molecule has 2 atom stereocenters. The van der Waals surface area contributed by atoms with Gasteiger partial charge in [0.25, 0.3) is 0 Å². The summed E-state index contributed by atoms with van der Waals surface area (Å²) in [4.78, 5) is 12.1. The minimum atomic E-state index is -3.41. The molecule has 1 saturated heterocycles. The second-order valence-corrected chi connectivity index (χ2v) is 8.37. The summed E-state index contributed by atoms with van der Waals surface area (Å²) >= 11 is 0. The molecule has 3 N–H and O–H groups in total. The number of morpholine rings is 1. The third-order valence-corrected chi connectivity index (χ3v) is 6.30. The number of ether oxygens (including phenoxy) is 1. The van der Waals surface area contributed by atoms with Gasteiger partial charge in [0.15, 0.2) is 0 Å². The fourth-order valence-electron chi connectivity index (χ4n) is 2.57. The highest BCUT2D eigenvalue weighted by Crippen LogP contribution is 2.17. The van der Waals surface area contributed by atoms with Crippen molar-refractivity contribution in [2.24, 2.45) is 11.7 Å². The molecule has 8 heteroatoms. The first kappa shape index (κ1) is 19.8. The number of sulfonamides is 1. The van der Waals surface area contributed by atoms with Crippen molar-refractivity contribution in [3.63, 3.8) is 0 Å². The molecule has 0 bridgehead atoms. The van der Waals surface area contributed by atoms with Gasteiger partial charge in [-0.2, -0.15) is 4.31 Å². The maximum atomic E-state index is 12.6. The highest BCUT2D eigenvalue weighted by atomic mass is 32.2. The molecule has 1 aromatic carbocycles. The summed E-state index contributed by atoms with van der Waals surface area (Å²) in [5.41, 5.74) is 7.24. The molecule has 0 radical (unpaired) electrons. The van der Waals surface area contributed by atoms with Crippen LogP contribution in [-0.4, -0.2) is 51.0 Å². The molecule has 1 heterocycles. The van der Waals surface area contributed by atoms with Crippen LogP contribution in [0.3, 0.4) is 0 Å². The quantitative estimate of drug-likeness (QED) is 0.726. The Labute approximate surface area is 149 Å². The lowest BCUT2D eigenvalue weighted by atomic mass is 10.0. The number of benzene rings is 1. The first-order valence-electron chi connectivity index (χ1n) is 8.47. The summed E-state index contributed by atoms with van der Waals surface area (Å²) in [6.45, 7) is 5.45. The number of nitrogens with one attached hydrogen (secondary N) is 1. The maximum Gasteiger partial charge on any atom is 0.224 e. The first-order chi connectivity index (χ1) is 11.8. The standard InChI is InChI=1S/C17H27N3O4S/c1-13(14(2)18)17(21)19-11-15-5-3-4-6-16(15)12-25(22,23)20-7-9-24-10-8-20/h3-6,13-14H,7-12,18H2,1-2H3,(H,19,21). The van der Waals surface area contributed by atoms with E-state index >= 15 is 0 Å². The summed E-state index contributed by atoms with van der Waals surface area (Å²) in [5.74, 6) is -0.521. The van der Waals surface area contributed by atoms with Crippen LogP contribution in [0.15, 0.2) is 24.3 Å². The maximum absolute atomic E-state index is 12.6. The smallest absolute Gasteiger partial charge is 0.224 e. The second-order valence-electron chi connectivity index (χ2n) is 6.40. The van der Waals surface area contributed by atoms with Crippen molar-refractivity contribution < 1.29 is 17.9 Å². The van der Waals surface area contributed by atoms with Crippen LogP contribution in [0.1, 0.15) is 25.0 Å². The number of nitrogens with two attached hydrogens (primary N) is 1. The zero-order chi connectivity index (χ0) is 18.4. The molecule has 0 saturated carbocycles. The zero-order valence-electron chi connectivity index (χ0n) is 14.8. The van der Waals surface area contributed by atoms with Crippen molar-refractivity contribution in [3.05, 3.63) is 35.4 Å². The Morgan fingerprint density at radius 2 is 1.84 bits per heavy atom. The Hall–Kier alpha value is -1.48. The molecule has 140 valence electrons. The van der Waals surface area contributed by atoms with E-state index in [2.05, 4.69) is 5.32 Å². The summed E-state index contributed by atoms with van der Waals surface area (Å²) < 4.78 is 31.9. The van der Waals surface area contributed by atoms with Gasteiger partial charge in [0, 0.05) is 31.6 Å². The van der Waals surface area contributed by atoms with Crippen LogP contribution in [0.5, 0.6) is 0 Å². The van der Waals surface area contributed by atoms with Crippen LogP contribution in [0, 0.1) is 5.92 Å². The monoisotopic (exact) mass is 369 g/mol. The minimum absolute atomic E-state index is 0.0815. The van der Waals surface area contributed by atoms with Crippen molar-refractivity contribution >= 4 is 15.9 Å². The first-order valence-corrected chi connectivity index (χ1v) is 10.1.